The van der Waals surface area contributed by atoms with Crippen molar-refractivity contribution in [1.82, 2.24) is 0 Å². The van der Waals surface area contributed by atoms with Gasteiger partial charge in [0.25, 0.3) is 0 Å². The van der Waals surface area contributed by atoms with Crippen molar-refractivity contribution in [3.05, 3.63) is 28.2 Å². The van der Waals surface area contributed by atoms with Crippen molar-refractivity contribution in [3.63, 3.8) is 0 Å². The van der Waals surface area contributed by atoms with E-state index in [1.165, 1.54) is 0 Å². The molecule has 0 N–H and O–H groups in total. The van der Waals surface area contributed by atoms with E-state index in [-0.39, 0.29) is 0 Å². The Morgan fingerprint density at radius 1 is 1.38 bits per heavy atom. The second kappa shape index (κ2) is 4.36. The monoisotopic (exact) mass is 215 g/mol. The molecule has 0 amide bonds. The minimum absolute atomic E-state index is 0.361. The summed E-state index contributed by atoms with van der Waals surface area (Å²) in [6.45, 7) is 1.62. The predicted octanol–water partition coefficient (Wildman–Crippen LogP) is 3.28. The SMILES string of the molecule is C[C@H](C#N)Oc1c(Cl)cccc1Cl. The molecule has 1 aromatic carbocycles. The molecule has 0 spiro atoms. The van der Waals surface area contributed by atoms with Crippen LogP contribution in [0.15, 0.2) is 18.2 Å². The number of ether oxygens (including phenoxy) is 1. The van der Waals surface area contributed by atoms with Crippen LogP contribution in [0.1, 0.15) is 6.92 Å². The lowest BCUT2D eigenvalue weighted by atomic mass is 10.3. The van der Waals surface area contributed by atoms with Crippen LogP contribution in [0.2, 0.25) is 10.0 Å². The first kappa shape index (κ1) is 10.2. The molecule has 0 fully saturated rings. The normalized spacial score (nSPS) is 11.8. The molecule has 0 saturated heterocycles. The summed E-state index contributed by atoms with van der Waals surface area (Å²) in [5.41, 5.74) is 0. The zero-order chi connectivity index (χ0) is 9.84. The number of benzene rings is 1. The van der Waals surface area contributed by atoms with Crippen LogP contribution >= 0.6 is 23.2 Å². The number of nitriles is 1. The minimum atomic E-state index is -0.558. The highest BCUT2D eigenvalue weighted by Crippen LogP contribution is 2.32. The molecule has 0 radical (unpaired) electrons. The topological polar surface area (TPSA) is 33.0 Å². The summed E-state index contributed by atoms with van der Waals surface area (Å²) in [5, 5.41) is 9.34. The van der Waals surface area contributed by atoms with E-state index in [1.807, 2.05) is 6.07 Å². The fourth-order valence-corrected chi connectivity index (χ4v) is 1.28. The minimum Gasteiger partial charge on any atom is -0.473 e. The van der Waals surface area contributed by atoms with E-state index in [1.54, 1.807) is 25.1 Å². The van der Waals surface area contributed by atoms with Crippen LogP contribution in [-0.4, -0.2) is 6.10 Å². The molecule has 2 nitrogen and oxygen atoms in total. The summed E-state index contributed by atoms with van der Waals surface area (Å²) < 4.78 is 5.20. The summed E-state index contributed by atoms with van der Waals surface area (Å²) in [5.74, 6) is 0.361. The molecule has 0 unspecified atom stereocenters. The fourth-order valence-electron chi connectivity index (χ4n) is 0.798. The van der Waals surface area contributed by atoms with E-state index >= 15 is 0 Å². The third-order valence-electron chi connectivity index (χ3n) is 1.40. The average Bonchev–Trinajstić information content (AvgIpc) is 2.11. The van der Waals surface area contributed by atoms with Crippen molar-refractivity contribution in [2.45, 2.75) is 13.0 Å². The Hall–Kier alpha value is -0.910. The van der Waals surface area contributed by atoms with Gasteiger partial charge >= 0.3 is 0 Å². The Balaban J connectivity index is 2.95. The Morgan fingerprint density at radius 2 is 1.92 bits per heavy atom. The van der Waals surface area contributed by atoms with Gasteiger partial charge in [0.05, 0.1) is 10.0 Å². The molecule has 0 heterocycles. The van der Waals surface area contributed by atoms with Gasteiger partial charge in [-0.05, 0) is 19.1 Å². The van der Waals surface area contributed by atoms with Gasteiger partial charge in [-0.25, -0.2) is 0 Å². The number of hydrogen-bond acceptors (Lipinski definition) is 2. The molecule has 13 heavy (non-hydrogen) atoms. The maximum Gasteiger partial charge on any atom is 0.181 e. The first-order chi connectivity index (χ1) is 6.15. The highest BCUT2D eigenvalue weighted by atomic mass is 35.5. The van der Waals surface area contributed by atoms with Crippen LogP contribution in [0.3, 0.4) is 0 Å². The molecular formula is C9H7Cl2NO. The van der Waals surface area contributed by atoms with Crippen LogP contribution in [-0.2, 0) is 0 Å². The Morgan fingerprint density at radius 3 is 2.38 bits per heavy atom. The van der Waals surface area contributed by atoms with Crippen LogP contribution in [0, 0.1) is 11.3 Å². The molecule has 1 rings (SSSR count). The van der Waals surface area contributed by atoms with Crippen LogP contribution < -0.4 is 4.74 Å². The van der Waals surface area contributed by atoms with Crippen LogP contribution in [0.25, 0.3) is 0 Å². The van der Waals surface area contributed by atoms with Crippen molar-refractivity contribution in [2.24, 2.45) is 0 Å². The summed E-state index contributed by atoms with van der Waals surface area (Å²) >= 11 is 11.6. The molecule has 1 atom stereocenters. The molecule has 0 aliphatic heterocycles. The molecule has 0 aliphatic carbocycles. The fraction of sp³-hybridized carbons (Fsp3) is 0.222. The standard InChI is InChI=1S/C9H7Cl2NO/c1-6(5-12)13-9-7(10)3-2-4-8(9)11/h2-4,6H,1H3/t6-/m1/s1. The van der Waals surface area contributed by atoms with E-state index in [0.29, 0.717) is 15.8 Å². The zero-order valence-corrected chi connectivity index (χ0v) is 8.43. The first-order valence-electron chi connectivity index (χ1n) is 3.65. The van der Waals surface area contributed by atoms with E-state index in [9.17, 15) is 0 Å². The second-order valence-electron chi connectivity index (χ2n) is 2.44. The number of hydrogen-bond donors (Lipinski definition) is 0. The van der Waals surface area contributed by atoms with E-state index < -0.39 is 6.10 Å². The predicted molar refractivity (Wildman–Crippen MR) is 52.2 cm³/mol. The molecule has 0 bridgehead atoms. The van der Waals surface area contributed by atoms with Crippen molar-refractivity contribution in [2.75, 3.05) is 0 Å². The van der Waals surface area contributed by atoms with Crippen molar-refractivity contribution < 1.29 is 4.74 Å². The Labute approximate surface area is 86.6 Å². The van der Waals surface area contributed by atoms with Gasteiger partial charge < -0.3 is 4.74 Å². The Bertz CT molecular complexity index is 326. The zero-order valence-electron chi connectivity index (χ0n) is 6.92. The van der Waals surface area contributed by atoms with Gasteiger partial charge in [0.15, 0.2) is 11.9 Å². The van der Waals surface area contributed by atoms with E-state index in [2.05, 4.69) is 0 Å². The molecule has 68 valence electrons. The van der Waals surface area contributed by atoms with Gasteiger partial charge in [-0.1, -0.05) is 29.3 Å². The summed E-state index contributed by atoms with van der Waals surface area (Å²) in [4.78, 5) is 0. The molecule has 0 saturated carbocycles. The highest BCUT2D eigenvalue weighted by molar-refractivity contribution is 6.37. The quantitative estimate of drug-likeness (QED) is 0.759. The lowest BCUT2D eigenvalue weighted by Crippen LogP contribution is -2.08. The average molecular weight is 216 g/mol. The summed E-state index contributed by atoms with van der Waals surface area (Å²) in [6.07, 6.45) is -0.558. The van der Waals surface area contributed by atoms with E-state index in [0.717, 1.165) is 0 Å². The molecule has 0 aromatic heterocycles. The molecule has 4 heteroatoms. The van der Waals surface area contributed by atoms with Crippen molar-refractivity contribution in [1.29, 1.82) is 5.26 Å². The smallest absolute Gasteiger partial charge is 0.181 e. The van der Waals surface area contributed by atoms with Gasteiger partial charge in [-0.3, -0.25) is 0 Å². The second-order valence-corrected chi connectivity index (χ2v) is 3.25. The van der Waals surface area contributed by atoms with Crippen LogP contribution in [0.4, 0.5) is 0 Å². The maximum atomic E-state index is 8.52. The third kappa shape index (κ3) is 2.51. The molecular weight excluding hydrogens is 209 g/mol. The summed E-state index contributed by atoms with van der Waals surface area (Å²) in [6, 6.07) is 6.96. The number of para-hydroxylation sites is 1. The lowest BCUT2D eigenvalue weighted by molar-refractivity contribution is 0.277. The van der Waals surface area contributed by atoms with Gasteiger partial charge in [0.2, 0.25) is 0 Å². The van der Waals surface area contributed by atoms with Crippen LogP contribution in [0.5, 0.6) is 5.75 Å². The van der Waals surface area contributed by atoms with Gasteiger partial charge in [-0.15, -0.1) is 0 Å². The third-order valence-corrected chi connectivity index (χ3v) is 1.99. The largest absolute Gasteiger partial charge is 0.473 e. The number of rotatable bonds is 2. The summed E-state index contributed by atoms with van der Waals surface area (Å²) in [7, 11) is 0. The van der Waals surface area contributed by atoms with E-state index in [4.69, 9.17) is 33.2 Å². The molecule has 0 aliphatic rings. The maximum absolute atomic E-state index is 8.52. The number of halogens is 2. The van der Waals surface area contributed by atoms with Gasteiger partial charge in [0.1, 0.15) is 6.07 Å². The van der Waals surface area contributed by atoms with Gasteiger partial charge in [-0.2, -0.15) is 5.26 Å². The first-order valence-corrected chi connectivity index (χ1v) is 4.41. The number of nitrogens with zero attached hydrogens (tertiary/aromatic N) is 1. The highest BCUT2D eigenvalue weighted by Gasteiger charge is 2.09. The van der Waals surface area contributed by atoms with Crippen molar-refractivity contribution in [3.8, 4) is 11.8 Å². The Kier molecular flexibility index (Phi) is 3.41. The van der Waals surface area contributed by atoms with Crippen molar-refractivity contribution >= 4 is 23.2 Å². The molecule has 1 aromatic rings. The lowest BCUT2D eigenvalue weighted by Gasteiger charge is -2.10. The van der Waals surface area contributed by atoms with Gasteiger partial charge in [0, 0.05) is 0 Å².